The van der Waals surface area contributed by atoms with Crippen LogP contribution in [0, 0.1) is 5.82 Å². The van der Waals surface area contributed by atoms with E-state index < -0.39 is 21.9 Å². The third-order valence-corrected chi connectivity index (χ3v) is 7.18. The van der Waals surface area contributed by atoms with Crippen LogP contribution >= 0.6 is 22.7 Å². The van der Waals surface area contributed by atoms with Crippen molar-refractivity contribution in [3.63, 3.8) is 0 Å². The molecule has 0 amide bonds. The van der Waals surface area contributed by atoms with Crippen LogP contribution in [0.25, 0.3) is 0 Å². The summed E-state index contributed by atoms with van der Waals surface area (Å²) in [7, 11) is -3.87. The monoisotopic (exact) mass is 427 g/mol. The van der Waals surface area contributed by atoms with Crippen LogP contribution in [-0.2, 0) is 16.6 Å². The second-order valence-corrected chi connectivity index (χ2v) is 9.52. The molecule has 0 spiro atoms. The topological polar surface area (TPSA) is 75.6 Å². The molecule has 0 fully saturated rings. The molecule has 5 nitrogen and oxygen atoms in total. The molecule has 0 saturated carbocycles. The Kier molecular flexibility index (Phi) is 6.28. The van der Waals surface area contributed by atoms with Crippen LogP contribution in [0.2, 0.25) is 0 Å². The first kappa shape index (κ1) is 20.0. The lowest BCUT2D eigenvalue weighted by molar-refractivity contribution is 0.228. The lowest BCUT2D eigenvalue weighted by Crippen LogP contribution is -2.23. The highest BCUT2D eigenvalue weighted by Crippen LogP contribution is 2.31. The predicted octanol–water partition coefficient (Wildman–Crippen LogP) is 3.91. The van der Waals surface area contributed by atoms with Crippen molar-refractivity contribution in [2.24, 2.45) is 0 Å². The van der Waals surface area contributed by atoms with E-state index >= 15 is 0 Å². The van der Waals surface area contributed by atoms with Gasteiger partial charge in [0.15, 0.2) is 11.6 Å². The second kappa shape index (κ2) is 8.49. The highest BCUT2D eigenvalue weighted by Gasteiger charge is 2.18. The van der Waals surface area contributed by atoms with Gasteiger partial charge in [-0.05, 0) is 48.7 Å². The fraction of sp³-hybridized carbons (Fsp3) is 0.222. The minimum atomic E-state index is -3.87. The maximum atomic E-state index is 13.9. The normalized spacial score (nSPS) is 12.9. The van der Waals surface area contributed by atoms with Crippen LogP contribution in [0.5, 0.6) is 5.75 Å². The van der Waals surface area contributed by atoms with Crippen molar-refractivity contribution < 1.29 is 22.7 Å². The Bertz CT molecular complexity index is 1000. The third kappa shape index (κ3) is 4.74. The first-order valence-corrected chi connectivity index (χ1v) is 11.3. The Morgan fingerprint density at radius 2 is 2.04 bits per heavy atom. The Hall–Kier alpha value is -1.78. The zero-order chi connectivity index (χ0) is 19.4. The SMILES string of the molecule is CCOc1ccc(S(=O)(=O)NCc2ccc([C@@H](O)c3cccs3)s2)cc1F. The van der Waals surface area contributed by atoms with Crippen LogP contribution in [0.3, 0.4) is 0 Å². The van der Waals surface area contributed by atoms with Crippen LogP contribution in [0.1, 0.15) is 27.7 Å². The molecular weight excluding hydrogens is 409 g/mol. The van der Waals surface area contributed by atoms with E-state index in [2.05, 4.69) is 4.72 Å². The minimum absolute atomic E-state index is 0.0157. The van der Waals surface area contributed by atoms with E-state index in [1.807, 2.05) is 17.5 Å². The molecule has 3 rings (SSSR count). The Morgan fingerprint density at radius 1 is 1.22 bits per heavy atom. The molecule has 2 aromatic heterocycles. The molecule has 27 heavy (non-hydrogen) atoms. The quantitative estimate of drug-likeness (QED) is 0.572. The number of nitrogens with one attached hydrogen (secondary N) is 1. The molecule has 1 aromatic carbocycles. The number of rotatable bonds is 8. The Labute approximate surface area is 165 Å². The third-order valence-electron chi connectivity index (χ3n) is 3.71. The van der Waals surface area contributed by atoms with Crippen LogP contribution in [-0.4, -0.2) is 20.1 Å². The van der Waals surface area contributed by atoms with Crippen molar-refractivity contribution in [2.75, 3.05) is 6.61 Å². The molecular formula is C18H18FNO4S3. The number of aliphatic hydroxyl groups excluding tert-OH is 1. The molecule has 0 saturated heterocycles. The highest BCUT2D eigenvalue weighted by molar-refractivity contribution is 7.89. The molecule has 0 aliphatic carbocycles. The number of hydrogen-bond donors (Lipinski definition) is 2. The van der Waals surface area contributed by atoms with Gasteiger partial charge in [0, 0.05) is 21.2 Å². The van der Waals surface area contributed by atoms with E-state index in [-0.39, 0.29) is 17.2 Å². The zero-order valence-corrected chi connectivity index (χ0v) is 16.8. The summed E-state index contributed by atoms with van der Waals surface area (Å²) in [5.41, 5.74) is 0. The number of hydrogen-bond acceptors (Lipinski definition) is 6. The van der Waals surface area contributed by atoms with Gasteiger partial charge >= 0.3 is 0 Å². The smallest absolute Gasteiger partial charge is 0.241 e. The summed E-state index contributed by atoms with van der Waals surface area (Å²) in [5.74, 6) is -0.709. The highest BCUT2D eigenvalue weighted by atomic mass is 32.2. The predicted molar refractivity (Wildman–Crippen MR) is 104 cm³/mol. The molecule has 1 atom stereocenters. The van der Waals surface area contributed by atoms with Gasteiger partial charge in [0.2, 0.25) is 10.0 Å². The fourth-order valence-electron chi connectivity index (χ4n) is 2.39. The summed E-state index contributed by atoms with van der Waals surface area (Å²) in [6.07, 6.45) is -0.722. The maximum Gasteiger partial charge on any atom is 0.241 e. The van der Waals surface area contributed by atoms with Crippen molar-refractivity contribution in [2.45, 2.75) is 24.5 Å². The van der Waals surface area contributed by atoms with Gasteiger partial charge in [-0.25, -0.2) is 17.5 Å². The van der Waals surface area contributed by atoms with Crippen LogP contribution < -0.4 is 9.46 Å². The van der Waals surface area contributed by atoms with Gasteiger partial charge in [0.25, 0.3) is 0 Å². The van der Waals surface area contributed by atoms with E-state index in [4.69, 9.17) is 4.74 Å². The average Bonchev–Trinajstić information content (AvgIpc) is 3.33. The molecule has 0 bridgehead atoms. The molecule has 144 valence electrons. The van der Waals surface area contributed by atoms with Crippen molar-refractivity contribution in [1.82, 2.24) is 4.72 Å². The van der Waals surface area contributed by atoms with Gasteiger partial charge in [-0.3, -0.25) is 0 Å². The Morgan fingerprint density at radius 3 is 2.70 bits per heavy atom. The summed E-state index contributed by atoms with van der Waals surface area (Å²) in [5, 5.41) is 12.2. The van der Waals surface area contributed by atoms with Crippen LogP contribution in [0.4, 0.5) is 4.39 Å². The van der Waals surface area contributed by atoms with E-state index in [0.29, 0.717) is 6.61 Å². The molecule has 3 aromatic rings. The lowest BCUT2D eigenvalue weighted by atomic mass is 10.2. The number of benzene rings is 1. The Balaban J connectivity index is 1.68. The summed E-state index contributed by atoms with van der Waals surface area (Å²) >= 11 is 2.78. The first-order valence-electron chi connectivity index (χ1n) is 8.13. The largest absolute Gasteiger partial charge is 0.491 e. The lowest BCUT2D eigenvalue weighted by Gasteiger charge is -2.09. The molecule has 2 N–H and O–H groups in total. The van der Waals surface area contributed by atoms with Gasteiger partial charge in [0.1, 0.15) is 6.10 Å². The molecule has 0 unspecified atom stereocenters. The summed E-state index contributed by atoms with van der Waals surface area (Å²) in [6, 6.07) is 10.8. The molecule has 0 aliphatic rings. The summed E-state index contributed by atoms with van der Waals surface area (Å²) in [4.78, 5) is 2.14. The molecule has 0 radical (unpaired) electrons. The molecule has 2 heterocycles. The fourth-order valence-corrected chi connectivity index (χ4v) is 5.26. The molecule has 0 aliphatic heterocycles. The van der Waals surface area contributed by atoms with Crippen molar-refractivity contribution >= 4 is 32.7 Å². The van der Waals surface area contributed by atoms with Gasteiger partial charge in [-0.15, -0.1) is 22.7 Å². The number of thiophene rings is 2. The maximum absolute atomic E-state index is 13.9. The number of halogens is 1. The van der Waals surface area contributed by atoms with Gasteiger partial charge in [-0.2, -0.15) is 0 Å². The van der Waals surface area contributed by atoms with Gasteiger partial charge < -0.3 is 9.84 Å². The number of aliphatic hydroxyl groups is 1. The average molecular weight is 428 g/mol. The summed E-state index contributed by atoms with van der Waals surface area (Å²) < 4.78 is 46.2. The summed E-state index contributed by atoms with van der Waals surface area (Å²) in [6.45, 7) is 2.06. The van der Waals surface area contributed by atoms with Gasteiger partial charge in [0.05, 0.1) is 11.5 Å². The van der Waals surface area contributed by atoms with Crippen molar-refractivity contribution in [3.8, 4) is 5.75 Å². The van der Waals surface area contributed by atoms with Crippen LogP contribution in [0.15, 0.2) is 52.7 Å². The van der Waals surface area contributed by atoms with Crippen molar-refractivity contribution in [1.29, 1.82) is 0 Å². The first-order chi connectivity index (χ1) is 12.9. The number of sulfonamides is 1. The standard InChI is InChI=1S/C18H18FNO4S3/c1-2-24-15-7-6-13(10-14(15)19)27(22,23)20-11-12-5-8-17(26-12)18(21)16-4-3-9-25-16/h3-10,18,20-21H,2,11H2,1H3/t18-/m0/s1. The van der Waals surface area contributed by atoms with E-state index in [1.54, 1.807) is 19.1 Å². The van der Waals surface area contributed by atoms with E-state index in [0.717, 1.165) is 20.7 Å². The van der Waals surface area contributed by atoms with E-state index in [9.17, 15) is 17.9 Å². The zero-order valence-electron chi connectivity index (χ0n) is 14.4. The number of ether oxygens (including phenoxy) is 1. The minimum Gasteiger partial charge on any atom is -0.491 e. The van der Waals surface area contributed by atoms with Gasteiger partial charge in [-0.1, -0.05) is 6.07 Å². The van der Waals surface area contributed by atoms with E-state index in [1.165, 1.54) is 34.8 Å². The van der Waals surface area contributed by atoms with Crippen molar-refractivity contribution in [3.05, 3.63) is 68.3 Å². The molecule has 9 heteroatoms. The second-order valence-electron chi connectivity index (χ2n) is 5.57.